The van der Waals surface area contributed by atoms with Crippen LogP contribution in [-0.4, -0.2) is 69.6 Å². The van der Waals surface area contributed by atoms with E-state index in [2.05, 4.69) is 20.4 Å². The maximum absolute atomic E-state index is 12.9. The van der Waals surface area contributed by atoms with Crippen molar-refractivity contribution in [1.29, 1.82) is 5.41 Å². The molecule has 4 heterocycles. The van der Waals surface area contributed by atoms with Gasteiger partial charge in [0.2, 0.25) is 0 Å². The summed E-state index contributed by atoms with van der Waals surface area (Å²) in [6.45, 7) is 3.75. The zero-order chi connectivity index (χ0) is 18.3. The fraction of sp³-hybridized carbons (Fsp3) is 0.471. The molecule has 0 aliphatic carbocycles. The number of fused-ring (bicyclic) bond motifs is 1. The van der Waals surface area contributed by atoms with Crippen LogP contribution in [0, 0.1) is 12.3 Å². The molecule has 2 N–H and O–H groups in total. The molecule has 26 heavy (non-hydrogen) atoms. The largest absolute Gasteiger partial charge is 0.379 e. The number of aryl methyl sites for hydroxylation is 1. The van der Waals surface area contributed by atoms with Crippen molar-refractivity contribution in [3.8, 4) is 5.82 Å². The van der Waals surface area contributed by atoms with Crippen molar-refractivity contribution in [2.24, 2.45) is 0 Å². The molecule has 136 valence electrons. The molecule has 1 amide bonds. The number of ether oxygens (including phenoxy) is 1. The summed E-state index contributed by atoms with van der Waals surface area (Å²) in [5.74, 6) is 1.57. The molecule has 2 aromatic heterocycles. The molecular formula is C17H21N7O2. The molecule has 9 nitrogen and oxygen atoms in total. The molecule has 2 aromatic rings. The topological polar surface area (TPSA) is 109 Å². The average Bonchev–Trinajstić information content (AvgIpc) is 3.31. The Morgan fingerprint density at radius 3 is 2.96 bits per heavy atom. The van der Waals surface area contributed by atoms with E-state index in [1.165, 1.54) is 6.21 Å². The Morgan fingerprint density at radius 2 is 2.27 bits per heavy atom. The maximum atomic E-state index is 12.9. The van der Waals surface area contributed by atoms with Crippen molar-refractivity contribution < 1.29 is 9.53 Å². The lowest BCUT2D eigenvalue weighted by Gasteiger charge is -2.30. The minimum absolute atomic E-state index is 0.0588. The summed E-state index contributed by atoms with van der Waals surface area (Å²) < 4.78 is 7.01. The van der Waals surface area contributed by atoms with Gasteiger partial charge in [0.05, 0.1) is 18.2 Å². The van der Waals surface area contributed by atoms with E-state index in [0.29, 0.717) is 48.5 Å². The van der Waals surface area contributed by atoms with E-state index in [1.807, 2.05) is 11.1 Å². The van der Waals surface area contributed by atoms with Crippen LogP contribution in [0.1, 0.15) is 33.9 Å². The second kappa shape index (κ2) is 6.49. The van der Waals surface area contributed by atoms with Gasteiger partial charge in [0.25, 0.3) is 5.91 Å². The molecule has 2 aliphatic heterocycles. The Kier molecular flexibility index (Phi) is 4.15. The molecule has 0 spiro atoms. The summed E-state index contributed by atoms with van der Waals surface area (Å²) in [4.78, 5) is 23.5. The second-order valence-corrected chi connectivity index (χ2v) is 6.46. The predicted molar refractivity (Wildman–Crippen MR) is 95.3 cm³/mol. The van der Waals surface area contributed by atoms with Crippen molar-refractivity contribution in [3.05, 3.63) is 28.8 Å². The van der Waals surface area contributed by atoms with Crippen LogP contribution in [0.3, 0.4) is 0 Å². The van der Waals surface area contributed by atoms with Gasteiger partial charge in [0, 0.05) is 38.2 Å². The predicted octanol–water partition coefficient (Wildman–Crippen LogP) is 0.797. The number of hydrogen-bond donors (Lipinski definition) is 2. The standard InChI is InChI=1S/C17H21N7O2/c1-10-20-15(19-2)13(7-18)16(21-10)24-8-11-3-5-23(12-4-6-26-9-12)17(25)14(11)22-24/h7-8,12,18H,3-6,9H2,1-2H3,(H,19,20,21). The number of nitrogens with zero attached hydrogens (tertiary/aromatic N) is 5. The first-order valence-corrected chi connectivity index (χ1v) is 8.67. The van der Waals surface area contributed by atoms with Crippen LogP contribution in [0.2, 0.25) is 0 Å². The van der Waals surface area contributed by atoms with Gasteiger partial charge in [-0.25, -0.2) is 14.6 Å². The van der Waals surface area contributed by atoms with Crippen LogP contribution in [0.15, 0.2) is 6.20 Å². The number of hydrogen-bond acceptors (Lipinski definition) is 7. The number of anilines is 1. The summed E-state index contributed by atoms with van der Waals surface area (Å²) >= 11 is 0. The van der Waals surface area contributed by atoms with Crippen molar-refractivity contribution in [2.45, 2.75) is 25.8 Å². The minimum atomic E-state index is -0.0588. The molecule has 4 rings (SSSR count). The van der Waals surface area contributed by atoms with Gasteiger partial charge in [-0.1, -0.05) is 0 Å². The lowest BCUT2D eigenvalue weighted by Crippen LogP contribution is -2.45. The highest BCUT2D eigenvalue weighted by Gasteiger charge is 2.34. The summed E-state index contributed by atoms with van der Waals surface area (Å²) in [5, 5.41) is 15.2. The molecule has 0 radical (unpaired) electrons. The Bertz CT molecular complexity index is 870. The van der Waals surface area contributed by atoms with E-state index in [0.717, 1.165) is 18.4 Å². The molecule has 0 aromatic carbocycles. The third kappa shape index (κ3) is 2.64. The first-order chi connectivity index (χ1) is 12.6. The first-order valence-electron chi connectivity index (χ1n) is 8.67. The molecule has 0 bridgehead atoms. The summed E-state index contributed by atoms with van der Waals surface area (Å²) in [7, 11) is 1.75. The number of rotatable bonds is 4. The number of carbonyl (C=O) groups excluding carboxylic acids is 1. The SMILES string of the molecule is CNc1nc(C)nc(-n2cc3c(n2)C(=O)N(C2CCOC2)CC3)c1C=N. The number of amides is 1. The number of carbonyl (C=O) groups is 1. The van der Waals surface area contributed by atoms with Gasteiger partial charge in [0.1, 0.15) is 11.6 Å². The molecule has 1 unspecified atom stereocenters. The highest BCUT2D eigenvalue weighted by atomic mass is 16.5. The smallest absolute Gasteiger partial charge is 0.274 e. The second-order valence-electron chi connectivity index (χ2n) is 6.46. The molecule has 9 heteroatoms. The highest BCUT2D eigenvalue weighted by molar-refractivity contribution is 5.95. The van der Waals surface area contributed by atoms with Crippen molar-refractivity contribution >= 4 is 17.9 Å². The van der Waals surface area contributed by atoms with E-state index >= 15 is 0 Å². The summed E-state index contributed by atoms with van der Waals surface area (Å²) in [6, 6.07) is 0.134. The van der Waals surface area contributed by atoms with Gasteiger partial charge in [0.15, 0.2) is 11.5 Å². The summed E-state index contributed by atoms with van der Waals surface area (Å²) in [6.07, 6.45) is 4.66. The molecule has 1 atom stereocenters. The Balaban J connectivity index is 1.74. The Morgan fingerprint density at radius 1 is 1.42 bits per heavy atom. The highest BCUT2D eigenvalue weighted by Crippen LogP contribution is 2.25. The van der Waals surface area contributed by atoms with Crippen LogP contribution in [0.4, 0.5) is 5.82 Å². The quantitative estimate of drug-likeness (QED) is 0.785. The first kappa shape index (κ1) is 16.6. The normalized spacial score (nSPS) is 19.5. The monoisotopic (exact) mass is 355 g/mol. The van der Waals surface area contributed by atoms with E-state index in [1.54, 1.807) is 18.7 Å². The number of aromatic nitrogens is 4. The molecule has 1 fully saturated rings. The minimum Gasteiger partial charge on any atom is -0.379 e. The fourth-order valence-corrected chi connectivity index (χ4v) is 3.54. The van der Waals surface area contributed by atoms with E-state index in [-0.39, 0.29) is 11.9 Å². The van der Waals surface area contributed by atoms with Gasteiger partial charge in [-0.2, -0.15) is 5.10 Å². The fourth-order valence-electron chi connectivity index (χ4n) is 3.54. The van der Waals surface area contributed by atoms with Crippen molar-refractivity contribution in [3.63, 3.8) is 0 Å². The third-order valence-electron chi connectivity index (χ3n) is 4.86. The van der Waals surface area contributed by atoms with Gasteiger partial charge in [-0.05, 0) is 19.8 Å². The zero-order valence-electron chi connectivity index (χ0n) is 14.8. The molecular weight excluding hydrogens is 334 g/mol. The van der Waals surface area contributed by atoms with Gasteiger partial charge >= 0.3 is 0 Å². The Labute approximate surface area is 150 Å². The van der Waals surface area contributed by atoms with Crippen molar-refractivity contribution in [1.82, 2.24) is 24.6 Å². The third-order valence-corrected chi connectivity index (χ3v) is 4.86. The van der Waals surface area contributed by atoms with Gasteiger partial charge in [-0.15, -0.1) is 0 Å². The van der Waals surface area contributed by atoms with Crippen LogP contribution in [0.5, 0.6) is 0 Å². The summed E-state index contributed by atoms with van der Waals surface area (Å²) in [5.41, 5.74) is 1.90. The zero-order valence-corrected chi connectivity index (χ0v) is 14.8. The van der Waals surface area contributed by atoms with Crippen LogP contribution < -0.4 is 5.32 Å². The molecule has 0 saturated carbocycles. The van der Waals surface area contributed by atoms with Gasteiger partial charge < -0.3 is 20.4 Å². The lowest BCUT2D eigenvalue weighted by molar-refractivity contribution is 0.0629. The average molecular weight is 355 g/mol. The van der Waals surface area contributed by atoms with E-state index in [9.17, 15) is 4.79 Å². The number of nitrogens with one attached hydrogen (secondary N) is 2. The van der Waals surface area contributed by atoms with Crippen LogP contribution in [0.25, 0.3) is 5.82 Å². The van der Waals surface area contributed by atoms with Crippen molar-refractivity contribution in [2.75, 3.05) is 32.1 Å². The van der Waals surface area contributed by atoms with Crippen LogP contribution in [-0.2, 0) is 11.2 Å². The van der Waals surface area contributed by atoms with Gasteiger partial charge in [-0.3, -0.25) is 4.79 Å². The van der Waals surface area contributed by atoms with E-state index < -0.39 is 0 Å². The van der Waals surface area contributed by atoms with Crippen LogP contribution >= 0.6 is 0 Å². The maximum Gasteiger partial charge on any atom is 0.274 e. The lowest BCUT2D eigenvalue weighted by atomic mass is 10.0. The van der Waals surface area contributed by atoms with E-state index in [4.69, 9.17) is 10.1 Å². The molecule has 1 saturated heterocycles. The molecule has 2 aliphatic rings. The Hall–Kier alpha value is -2.81.